The second kappa shape index (κ2) is 9.11. The van der Waals surface area contributed by atoms with Crippen LogP contribution in [0, 0.1) is 10.1 Å². The lowest BCUT2D eigenvalue weighted by atomic mass is 10.2. The highest BCUT2D eigenvalue weighted by Gasteiger charge is 2.20. The van der Waals surface area contributed by atoms with Gasteiger partial charge in [-0.25, -0.2) is 0 Å². The van der Waals surface area contributed by atoms with E-state index in [-0.39, 0.29) is 18.0 Å². The molecular formula is C13H20N2O5. The predicted octanol–water partition coefficient (Wildman–Crippen LogP) is 2.07. The van der Waals surface area contributed by atoms with Crippen molar-refractivity contribution in [2.75, 3.05) is 45.4 Å². The summed E-state index contributed by atoms with van der Waals surface area (Å²) < 4.78 is 15.5. The Morgan fingerprint density at radius 1 is 1.25 bits per heavy atom. The third kappa shape index (κ3) is 5.02. The van der Waals surface area contributed by atoms with Gasteiger partial charge in [0.1, 0.15) is 12.3 Å². The lowest BCUT2D eigenvalue weighted by Crippen LogP contribution is -2.11. The molecule has 0 bridgehead atoms. The van der Waals surface area contributed by atoms with Crippen molar-refractivity contribution in [3.63, 3.8) is 0 Å². The molecule has 7 nitrogen and oxygen atoms in total. The van der Waals surface area contributed by atoms with Gasteiger partial charge < -0.3 is 19.5 Å². The Labute approximate surface area is 118 Å². The van der Waals surface area contributed by atoms with E-state index >= 15 is 0 Å². The first-order valence-electron chi connectivity index (χ1n) is 6.41. The molecule has 0 aliphatic heterocycles. The number of benzene rings is 1. The van der Waals surface area contributed by atoms with E-state index < -0.39 is 4.92 Å². The third-order valence-electron chi connectivity index (χ3n) is 2.47. The van der Waals surface area contributed by atoms with E-state index in [1.165, 1.54) is 0 Å². The molecule has 112 valence electrons. The van der Waals surface area contributed by atoms with Crippen molar-refractivity contribution >= 4 is 11.4 Å². The second-order valence-electron chi connectivity index (χ2n) is 3.89. The Hall–Kier alpha value is -1.86. The fourth-order valence-corrected chi connectivity index (χ4v) is 1.62. The summed E-state index contributed by atoms with van der Waals surface area (Å²) in [6.45, 7) is 4.06. The van der Waals surface area contributed by atoms with Gasteiger partial charge in [-0.3, -0.25) is 10.1 Å². The van der Waals surface area contributed by atoms with Crippen LogP contribution in [0.1, 0.15) is 6.92 Å². The van der Waals surface area contributed by atoms with Crippen molar-refractivity contribution in [2.45, 2.75) is 6.92 Å². The highest BCUT2D eigenvalue weighted by atomic mass is 16.6. The molecule has 0 aliphatic rings. The zero-order chi connectivity index (χ0) is 14.8. The van der Waals surface area contributed by atoms with Gasteiger partial charge in [0.15, 0.2) is 5.75 Å². The minimum absolute atomic E-state index is 0.0498. The van der Waals surface area contributed by atoms with Crippen LogP contribution in [0.5, 0.6) is 5.75 Å². The number of rotatable bonds is 10. The lowest BCUT2D eigenvalue weighted by molar-refractivity contribution is -0.385. The molecule has 1 aromatic rings. The molecule has 0 saturated carbocycles. The molecule has 1 N–H and O–H groups in total. The van der Waals surface area contributed by atoms with Gasteiger partial charge in [-0.05, 0) is 19.1 Å². The first-order chi connectivity index (χ1) is 9.70. The van der Waals surface area contributed by atoms with Crippen LogP contribution in [0.15, 0.2) is 18.2 Å². The van der Waals surface area contributed by atoms with Crippen LogP contribution in [0.2, 0.25) is 0 Å². The van der Waals surface area contributed by atoms with Crippen molar-refractivity contribution in [3.05, 3.63) is 28.3 Å². The van der Waals surface area contributed by atoms with Crippen LogP contribution >= 0.6 is 0 Å². The number of anilines is 1. The van der Waals surface area contributed by atoms with E-state index in [4.69, 9.17) is 14.2 Å². The van der Waals surface area contributed by atoms with Crippen molar-refractivity contribution in [2.24, 2.45) is 0 Å². The second-order valence-corrected chi connectivity index (χ2v) is 3.89. The maximum absolute atomic E-state index is 11.1. The summed E-state index contributed by atoms with van der Waals surface area (Å²) in [5.74, 6) is 0.240. The first-order valence-corrected chi connectivity index (χ1v) is 6.41. The van der Waals surface area contributed by atoms with Gasteiger partial charge in [-0.1, -0.05) is 6.07 Å². The van der Waals surface area contributed by atoms with E-state index in [0.29, 0.717) is 32.1 Å². The van der Waals surface area contributed by atoms with Crippen molar-refractivity contribution < 1.29 is 19.1 Å². The van der Waals surface area contributed by atoms with Gasteiger partial charge in [0.05, 0.1) is 24.7 Å². The van der Waals surface area contributed by atoms with Gasteiger partial charge in [-0.2, -0.15) is 0 Å². The summed E-state index contributed by atoms with van der Waals surface area (Å²) in [6.07, 6.45) is 0. The molecule has 0 aromatic heterocycles. The van der Waals surface area contributed by atoms with Crippen LogP contribution in [0.4, 0.5) is 11.4 Å². The Morgan fingerprint density at radius 2 is 2.00 bits per heavy atom. The van der Waals surface area contributed by atoms with Gasteiger partial charge in [0.25, 0.3) is 0 Å². The number of hydrogen-bond acceptors (Lipinski definition) is 6. The number of nitro benzene ring substituents is 1. The van der Waals surface area contributed by atoms with Gasteiger partial charge in [-0.15, -0.1) is 0 Å². The van der Waals surface area contributed by atoms with Crippen molar-refractivity contribution in [1.82, 2.24) is 0 Å². The maximum atomic E-state index is 11.1. The molecule has 0 unspecified atom stereocenters. The van der Waals surface area contributed by atoms with E-state index in [2.05, 4.69) is 5.32 Å². The molecule has 0 atom stereocenters. The molecule has 0 spiro atoms. The highest BCUT2D eigenvalue weighted by Crippen LogP contribution is 2.34. The molecule has 0 fully saturated rings. The van der Waals surface area contributed by atoms with Crippen LogP contribution in [0.3, 0.4) is 0 Å². The highest BCUT2D eigenvalue weighted by molar-refractivity contribution is 5.68. The smallest absolute Gasteiger partial charge is 0.333 e. The fourth-order valence-electron chi connectivity index (χ4n) is 1.62. The summed E-state index contributed by atoms with van der Waals surface area (Å²) in [7, 11) is 1.59. The maximum Gasteiger partial charge on any atom is 0.333 e. The predicted molar refractivity (Wildman–Crippen MR) is 75.5 cm³/mol. The minimum Gasteiger partial charge on any atom is -0.484 e. The lowest BCUT2D eigenvalue weighted by Gasteiger charge is -2.10. The Bertz CT molecular complexity index is 425. The summed E-state index contributed by atoms with van der Waals surface area (Å²) >= 11 is 0. The van der Waals surface area contributed by atoms with E-state index in [0.717, 1.165) is 0 Å². The van der Waals surface area contributed by atoms with Crippen LogP contribution in [-0.2, 0) is 9.47 Å². The number of nitrogens with one attached hydrogen (secondary N) is 1. The number of hydrogen-bond donors (Lipinski definition) is 1. The molecular weight excluding hydrogens is 264 g/mol. The van der Waals surface area contributed by atoms with Crippen molar-refractivity contribution in [1.29, 1.82) is 0 Å². The molecule has 0 aliphatic carbocycles. The monoisotopic (exact) mass is 284 g/mol. The van der Waals surface area contributed by atoms with Crippen LogP contribution in [-0.4, -0.2) is 45.0 Å². The van der Waals surface area contributed by atoms with E-state index in [1.807, 2.05) is 6.92 Å². The average molecular weight is 284 g/mol. The molecule has 0 radical (unpaired) electrons. The third-order valence-corrected chi connectivity index (χ3v) is 2.47. The molecule has 7 heteroatoms. The molecule has 0 amide bonds. The SMILES string of the molecule is CCNc1cccc(OCCOCCOC)c1[N+](=O)[O-]. The van der Waals surface area contributed by atoms with Gasteiger partial charge in [0, 0.05) is 13.7 Å². The topological polar surface area (TPSA) is 82.9 Å². The molecule has 1 aromatic carbocycles. The zero-order valence-electron chi connectivity index (χ0n) is 11.8. The molecule has 1 rings (SSSR count). The Kier molecular flexibility index (Phi) is 7.38. The summed E-state index contributed by atoms with van der Waals surface area (Å²) in [5.41, 5.74) is 0.404. The van der Waals surface area contributed by atoms with Gasteiger partial charge >= 0.3 is 5.69 Å². The van der Waals surface area contributed by atoms with Crippen LogP contribution < -0.4 is 10.1 Å². The molecule has 0 saturated heterocycles. The summed E-state index contributed by atoms with van der Waals surface area (Å²) in [6, 6.07) is 4.95. The minimum atomic E-state index is -0.445. The van der Waals surface area contributed by atoms with E-state index in [9.17, 15) is 10.1 Å². The standard InChI is InChI=1S/C13H20N2O5/c1-3-14-11-5-4-6-12(13(11)15(16)17)20-10-9-19-8-7-18-2/h4-6,14H,3,7-10H2,1-2H3. The number of nitro groups is 1. The number of methoxy groups -OCH3 is 1. The Balaban J connectivity index is 2.60. The molecule has 0 heterocycles. The zero-order valence-corrected chi connectivity index (χ0v) is 11.8. The fraction of sp³-hybridized carbons (Fsp3) is 0.538. The quantitative estimate of drug-likeness (QED) is 0.402. The largest absolute Gasteiger partial charge is 0.484 e. The van der Waals surface area contributed by atoms with E-state index in [1.54, 1.807) is 25.3 Å². The number of nitrogens with zero attached hydrogens (tertiary/aromatic N) is 1. The first kappa shape index (κ1) is 16.2. The number of ether oxygens (including phenoxy) is 3. The number of para-hydroxylation sites is 1. The van der Waals surface area contributed by atoms with Crippen molar-refractivity contribution in [3.8, 4) is 5.75 Å². The summed E-state index contributed by atoms with van der Waals surface area (Å²) in [4.78, 5) is 10.7. The van der Waals surface area contributed by atoms with Gasteiger partial charge in [0.2, 0.25) is 0 Å². The average Bonchev–Trinajstić information content (AvgIpc) is 2.43. The summed E-state index contributed by atoms with van der Waals surface area (Å²) in [5, 5.41) is 14.1. The Morgan fingerprint density at radius 3 is 2.65 bits per heavy atom. The van der Waals surface area contributed by atoms with Crippen LogP contribution in [0.25, 0.3) is 0 Å². The normalized spacial score (nSPS) is 10.3. The molecule has 20 heavy (non-hydrogen) atoms.